The molecule has 1 aliphatic heterocycles. The molecule has 3 aromatic rings. The molecule has 0 aliphatic carbocycles. The summed E-state index contributed by atoms with van der Waals surface area (Å²) in [7, 11) is 0.501. The van der Waals surface area contributed by atoms with E-state index < -0.39 is 7.75 Å². The van der Waals surface area contributed by atoms with Gasteiger partial charge in [-0.25, -0.2) is 4.57 Å². The first-order chi connectivity index (χ1) is 14.7. The summed E-state index contributed by atoms with van der Waals surface area (Å²) in [4.78, 5) is 2.14. The van der Waals surface area contributed by atoms with Crippen LogP contribution >= 0.6 is 30.9 Å². The van der Waals surface area contributed by atoms with Gasteiger partial charge in [0.2, 0.25) is 0 Å². The van der Waals surface area contributed by atoms with Crippen molar-refractivity contribution < 1.29 is 13.6 Å². The van der Waals surface area contributed by atoms with Crippen molar-refractivity contribution in [3.8, 4) is 0 Å². The van der Waals surface area contributed by atoms with E-state index in [4.69, 9.17) is 32.2 Å². The summed E-state index contributed by atoms with van der Waals surface area (Å²) < 4.78 is 27.6. The van der Waals surface area contributed by atoms with Crippen LogP contribution in [0.25, 0.3) is 10.9 Å². The van der Waals surface area contributed by atoms with Gasteiger partial charge in [0.15, 0.2) is 0 Å². The molecule has 8 heteroatoms. The fourth-order valence-electron chi connectivity index (χ4n) is 3.94. The number of hydrogen-bond donors (Lipinski definition) is 0. The van der Waals surface area contributed by atoms with Gasteiger partial charge in [0.1, 0.15) is 0 Å². The number of halogens is 2. The lowest BCUT2D eigenvalue weighted by Crippen LogP contribution is -2.17. The Balaban J connectivity index is 1.74. The molecule has 1 fully saturated rings. The summed E-state index contributed by atoms with van der Waals surface area (Å²) in [5.74, 6) is 0. The first kappa shape index (κ1) is 22.8. The minimum atomic E-state index is -3.59. The van der Waals surface area contributed by atoms with Gasteiger partial charge in [-0.05, 0) is 69.3 Å². The zero-order chi connectivity index (χ0) is 22.3. The summed E-state index contributed by atoms with van der Waals surface area (Å²) in [6.07, 6.45) is 2.97. The van der Waals surface area contributed by atoms with E-state index >= 15 is 0 Å². The summed E-state index contributed by atoms with van der Waals surface area (Å²) in [5, 5.41) is 2.07. The van der Waals surface area contributed by atoms with E-state index in [9.17, 15) is 4.57 Å². The first-order valence-corrected chi connectivity index (χ1v) is 12.6. The monoisotopic (exact) mass is 480 g/mol. The molecular weight excluding hydrogens is 454 g/mol. The number of rotatable bonds is 5. The van der Waals surface area contributed by atoms with Gasteiger partial charge in [-0.15, -0.1) is 0 Å². The molecule has 1 aromatic heterocycles. The molecule has 0 amide bonds. The van der Waals surface area contributed by atoms with E-state index in [2.05, 4.69) is 17.9 Å². The second kappa shape index (κ2) is 8.90. The van der Waals surface area contributed by atoms with Crippen LogP contribution in [-0.4, -0.2) is 36.5 Å². The number of aromatic nitrogens is 1. The molecule has 0 bridgehead atoms. The van der Waals surface area contributed by atoms with Gasteiger partial charge in [-0.2, -0.15) is 0 Å². The second-order valence-corrected chi connectivity index (χ2v) is 11.0. The van der Waals surface area contributed by atoms with Gasteiger partial charge in [0.25, 0.3) is 0 Å². The Morgan fingerprint density at radius 1 is 1.19 bits per heavy atom. The van der Waals surface area contributed by atoms with Crippen LogP contribution in [0.15, 0.2) is 36.5 Å². The second-order valence-electron chi connectivity index (χ2n) is 8.39. The predicted molar refractivity (Wildman–Crippen MR) is 128 cm³/mol. The third kappa shape index (κ3) is 4.59. The molecule has 0 spiro atoms. The maximum Gasteiger partial charge on any atom is 0.439 e. The van der Waals surface area contributed by atoms with E-state index in [0.717, 1.165) is 46.1 Å². The fourth-order valence-corrected chi connectivity index (χ4v) is 6.21. The molecule has 2 atom stereocenters. The molecule has 0 radical (unpaired) electrons. The molecule has 1 saturated heterocycles. The summed E-state index contributed by atoms with van der Waals surface area (Å²) in [6, 6.07) is 9.87. The maximum absolute atomic E-state index is 14.0. The number of benzene rings is 2. The van der Waals surface area contributed by atoms with Crippen LogP contribution in [0.1, 0.15) is 34.8 Å². The topological polar surface area (TPSA) is 43.7 Å². The van der Waals surface area contributed by atoms with Crippen molar-refractivity contribution >= 4 is 41.9 Å². The minimum Gasteiger partial charge on any atom is -0.309 e. The Morgan fingerprint density at radius 3 is 2.68 bits per heavy atom. The summed E-state index contributed by atoms with van der Waals surface area (Å²) in [5.41, 5.74) is 4.86. The largest absolute Gasteiger partial charge is 0.439 e. The van der Waals surface area contributed by atoms with Crippen LogP contribution in [0, 0.1) is 13.8 Å². The molecule has 4 rings (SSSR count). The van der Waals surface area contributed by atoms with Crippen LogP contribution in [0.5, 0.6) is 0 Å². The standard InChI is InChI=1S/C23H27Cl2N2O3P/c1-15-5-6-21-19(11-15)17(7-9-26(3)4)14-27(21)31(28)29-10-8-22(30-31)18-12-16(2)23(25)20(24)13-18/h5-6,11-14,22H,7-10H2,1-4H3. The zero-order valence-corrected chi connectivity index (χ0v) is 20.6. The SMILES string of the molecule is Cc1ccc2c(c1)c(CCN(C)C)cn2P1(=O)OCCC(c2cc(C)c(Cl)c(Cl)c2)O1. The first-order valence-electron chi connectivity index (χ1n) is 10.3. The minimum absolute atomic E-state index is 0.333. The van der Waals surface area contributed by atoms with Crippen LogP contribution in [-0.2, 0) is 20.0 Å². The van der Waals surface area contributed by atoms with Crippen LogP contribution in [0.4, 0.5) is 0 Å². The van der Waals surface area contributed by atoms with Gasteiger partial charge in [0, 0.05) is 24.5 Å². The Kier molecular flexibility index (Phi) is 6.56. The van der Waals surface area contributed by atoms with Crippen molar-refractivity contribution in [2.75, 3.05) is 27.2 Å². The van der Waals surface area contributed by atoms with Crippen LogP contribution in [0.2, 0.25) is 10.0 Å². The normalized spacial score (nSPS) is 21.8. The van der Waals surface area contributed by atoms with Crippen molar-refractivity contribution in [1.29, 1.82) is 0 Å². The average Bonchev–Trinajstić information content (AvgIpc) is 3.08. The summed E-state index contributed by atoms with van der Waals surface area (Å²) in [6.45, 7) is 5.18. The highest BCUT2D eigenvalue weighted by Gasteiger charge is 2.38. The maximum atomic E-state index is 14.0. The van der Waals surface area contributed by atoms with E-state index in [-0.39, 0.29) is 6.10 Å². The molecule has 2 unspecified atom stereocenters. The van der Waals surface area contributed by atoms with E-state index in [1.165, 1.54) is 0 Å². The average molecular weight is 481 g/mol. The zero-order valence-electron chi connectivity index (χ0n) is 18.2. The van der Waals surface area contributed by atoms with Gasteiger partial charge < -0.3 is 4.90 Å². The molecule has 5 nitrogen and oxygen atoms in total. The Bertz CT molecular complexity index is 1150. The smallest absolute Gasteiger partial charge is 0.309 e. The van der Waals surface area contributed by atoms with Gasteiger partial charge in [-0.1, -0.05) is 40.9 Å². The van der Waals surface area contributed by atoms with Crippen molar-refractivity contribution in [2.45, 2.75) is 32.8 Å². The van der Waals surface area contributed by atoms with E-state index in [1.54, 1.807) is 10.4 Å². The summed E-state index contributed by atoms with van der Waals surface area (Å²) >= 11 is 12.5. The highest BCUT2D eigenvalue weighted by Crippen LogP contribution is 2.59. The Morgan fingerprint density at radius 2 is 1.97 bits per heavy atom. The number of nitrogens with zero attached hydrogens (tertiary/aromatic N) is 2. The third-order valence-electron chi connectivity index (χ3n) is 5.61. The number of hydrogen-bond acceptors (Lipinski definition) is 4. The number of fused-ring (bicyclic) bond motifs is 1. The lowest BCUT2D eigenvalue weighted by atomic mass is 10.0. The Labute approximate surface area is 193 Å². The fraction of sp³-hybridized carbons (Fsp3) is 0.391. The number of likely N-dealkylation sites (N-methyl/N-ethyl adjacent to an activating group) is 1. The van der Waals surface area contributed by atoms with Crippen LogP contribution in [0.3, 0.4) is 0 Å². The predicted octanol–water partition coefficient (Wildman–Crippen LogP) is 6.80. The molecule has 2 heterocycles. The van der Waals surface area contributed by atoms with E-state index in [1.807, 2.05) is 45.4 Å². The molecule has 166 valence electrons. The highest BCUT2D eigenvalue weighted by molar-refractivity contribution is 7.52. The molecular formula is C23H27Cl2N2O3P. The highest BCUT2D eigenvalue weighted by atomic mass is 35.5. The van der Waals surface area contributed by atoms with Crippen molar-refractivity contribution in [3.63, 3.8) is 0 Å². The van der Waals surface area contributed by atoms with Crippen molar-refractivity contribution in [1.82, 2.24) is 9.24 Å². The van der Waals surface area contributed by atoms with Crippen molar-refractivity contribution in [2.24, 2.45) is 0 Å². The van der Waals surface area contributed by atoms with Gasteiger partial charge >= 0.3 is 7.75 Å². The molecule has 2 aromatic carbocycles. The molecule has 1 aliphatic rings. The van der Waals surface area contributed by atoms with Crippen LogP contribution < -0.4 is 0 Å². The molecule has 0 N–H and O–H groups in total. The lowest BCUT2D eigenvalue weighted by molar-refractivity contribution is 0.0771. The van der Waals surface area contributed by atoms with Gasteiger partial charge in [0.05, 0.1) is 28.3 Å². The molecule has 0 saturated carbocycles. The third-order valence-corrected chi connectivity index (χ3v) is 8.40. The van der Waals surface area contributed by atoms with Crippen molar-refractivity contribution in [3.05, 3.63) is 68.8 Å². The quantitative estimate of drug-likeness (QED) is 0.376. The van der Waals surface area contributed by atoms with E-state index in [0.29, 0.717) is 23.1 Å². The molecule has 31 heavy (non-hydrogen) atoms. The number of aryl methyl sites for hydroxylation is 2. The van der Waals surface area contributed by atoms with Gasteiger partial charge in [-0.3, -0.25) is 13.4 Å². The lowest BCUT2D eigenvalue weighted by Gasteiger charge is -2.31. The Hall–Kier alpha value is -1.33.